The Bertz CT molecular complexity index is 388. The maximum Gasteiger partial charge on any atom is 0.192 e. The van der Waals surface area contributed by atoms with Crippen LogP contribution in [0.25, 0.3) is 0 Å². The maximum atomic E-state index is 9.62. The molecule has 0 aromatic heterocycles. The lowest BCUT2D eigenvalue weighted by atomic mass is 9.78. The largest absolute Gasteiger partial charge is 0.505 e. The molecule has 0 aromatic rings. The van der Waals surface area contributed by atoms with Gasteiger partial charge in [0.1, 0.15) is 0 Å². The Morgan fingerprint density at radius 2 is 2.00 bits per heavy atom. The molecule has 4 nitrogen and oxygen atoms in total. The van der Waals surface area contributed by atoms with Gasteiger partial charge in [-0.2, -0.15) is 0 Å². The van der Waals surface area contributed by atoms with Gasteiger partial charge in [-0.15, -0.1) is 0 Å². The van der Waals surface area contributed by atoms with E-state index in [4.69, 9.17) is 13.9 Å². The zero-order valence-corrected chi connectivity index (χ0v) is 15.1. The minimum Gasteiger partial charge on any atom is -0.505 e. The van der Waals surface area contributed by atoms with Gasteiger partial charge < -0.3 is 19.0 Å². The molecule has 0 aromatic carbocycles. The van der Waals surface area contributed by atoms with E-state index >= 15 is 0 Å². The average Bonchev–Trinajstić information content (AvgIpc) is 2.91. The number of fused-ring (bicyclic) bond motifs is 2. The Labute approximate surface area is 129 Å². The van der Waals surface area contributed by atoms with Gasteiger partial charge in [-0.25, -0.2) is 0 Å². The zero-order chi connectivity index (χ0) is 15.8. The number of aliphatic hydroxyl groups excluding tert-OH is 1. The minimum atomic E-state index is -1.80. The SMILES string of the molecule is COC=C[C@H]1[C@@H](CO)[C@H]2C[C@H](O[Si](C)(C)C(C)(C)C)[C@@H]1O2. The molecule has 0 spiro atoms. The third kappa shape index (κ3) is 3.21. The minimum absolute atomic E-state index is 0.0488. The van der Waals surface area contributed by atoms with Crippen molar-refractivity contribution in [2.75, 3.05) is 13.7 Å². The fraction of sp³-hybridized carbons (Fsp3) is 0.875. The molecule has 5 atom stereocenters. The van der Waals surface area contributed by atoms with Crippen LogP contribution in [0.15, 0.2) is 12.3 Å². The Balaban J connectivity index is 2.10. The normalized spacial score (nSPS) is 36.6. The van der Waals surface area contributed by atoms with Gasteiger partial charge in [-0.1, -0.05) is 20.8 Å². The lowest BCUT2D eigenvalue weighted by Gasteiger charge is -2.41. The van der Waals surface area contributed by atoms with Crippen molar-refractivity contribution in [2.45, 2.75) is 63.6 Å². The molecule has 2 aliphatic rings. The standard InChI is InChI=1S/C16H30O4Si/c1-16(2,3)21(5,6)20-14-9-13-12(10-17)11(7-8-18-4)15(14)19-13/h7-8,11-15,17H,9-10H2,1-6H3/t11-,12+,13+,14-,15+/m0/s1. The number of rotatable bonds is 5. The molecule has 0 unspecified atom stereocenters. The van der Waals surface area contributed by atoms with Gasteiger partial charge in [-0.05, 0) is 24.2 Å². The first-order valence-corrected chi connectivity index (χ1v) is 10.8. The smallest absolute Gasteiger partial charge is 0.192 e. The first-order valence-electron chi connectivity index (χ1n) is 7.85. The number of ether oxygens (including phenoxy) is 2. The highest BCUT2D eigenvalue weighted by molar-refractivity contribution is 6.74. The highest BCUT2D eigenvalue weighted by Gasteiger charge is 2.55. The molecule has 2 aliphatic heterocycles. The van der Waals surface area contributed by atoms with Crippen LogP contribution in [0.1, 0.15) is 27.2 Å². The Hall–Kier alpha value is -0.363. The van der Waals surface area contributed by atoms with Crippen molar-refractivity contribution < 1.29 is 19.0 Å². The van der Waals surface area contributed by atoms with Crippen molar-refractivity contribution in [3.05, 3.63) is 12.3 Å². The molecule has 0 radical (unpaired) electrons. The third-order valence-corrected chi connectivity index (χ3v) is 9.92. The van der Waals surface area contributed by atoms with E-state index in [1.54, 1.807) is 13.4 Å². The lowest BCUT2D eigenvalue weighted by molar-refractivity contribution is 0.0455. The van der Waals surface area contributed by atoms with E-state index < -0.39 is 8.32 Å². The quantitative estimate of drug-likeness (QED) is 0.626. The van der Waals surface area contributed by atoms with Crippen molar-refractivity contribution in [1.82, 2.24) is 0 Å². The predicted octanol–water partition coefficient (Wildman–Crippen LogP) is 2.93. The van der Waals surface area contributed by atoms with Gasteiger partial charge in [0, 0.05) is 24.9 Å². The molecule has 2 saturated heterocycles. The maximum absolute atomic E-state index is 9.62. The Morgan fingerprint density at radius 1 is 1.33 bits per heavy atom. The molecule has 2 bridgehead atoms. The third-order valence-electron chi connectivity index (χ3n) is 5.41. The summed E-state index contributed by atoms with van der Waals surface area (Å²) in [7, 11) is -0.157. The van der Waals surface area contributed by atoms with E-state index in [2.05, 4.69) is 33.9 Å². The number of hydrogen-bond acceptors (Lipinski definition) is 4. The molecular weight excluding hydrogens is 284 g/mol. The molecular formula is C16H30O4Si. The van der Waals surface area contributed by atoms with Crippen LogP contribution in [0, 0.1) is 11.8 Å². The fourth-order valence-corrected chi connectivity index (χ4v) is 4.49. The molecule has 2 fully saturated rings. The molecule has 2 heterocycles. The molecule has 5 heteroatoms. The second kappa shape index (κ2) is 6.03. The van der Waals surface area contributed by atoms with Crippen LogP contribution < -0.4 is 0 Å². The number of aliphatic hydroxyl groups is 1. The zero-order valence-electron chi connectivity index (χ0n) is 14.1. The molecule has 2 rings (SSSR count). The summed E-state index contributed by atoms with van der Waals surface area (Å²) in [6.45, 7) is 11.5. The Morgan fingerprint density at radius 3 is 2.52 bits per heavy atom. The van der Waals surface area contributed by atoms with Crippen LogP contribution in [-0.4, -0.2) is 45.5 Å². The van der Waals surface area contributed by atoms with Crippen LogP contribution in [0.4, 0.5) is 0 Å². The van der Waals surface area contributed by atoms with Gasteiger partial charge >= 0.3 is 0 Å². The monoisotopic (exact) mass is 314 g/mol. The van der Waals surface area contributed by atoms with Gasteiger partial charge in [0.2, 0.25) is 0 Å². The highest BCUT2D eigenvalue weighted by atomic mass is 28.4. The van der Waals surface area contributed by atoms with Crippen molar-refractivity contribution in [3.8, 4) is 0 Å². The summed E-state index contributed by atoms with van der Waals surface area (Å²) in [5.74, 6) is 0.351. The van der Waals surface area contributed by atoms with Gasteiger partial charge in [0.05, 0.1) is 31.7 Å². The summed E-state index contributed by atoms with van der Waals surface area (Å²) in [5, 5.41) is 9.82. The van der Waals surface area contributed by atoms with Crippen molar-refractivity contribution in [1.29, 1.82) is 0 Å². The second-order valence-corrected chi connectivity index (χ2v) is 12.5. The van der Waals surface area contributed by atoms with E-state index in [1.807, 2.05) is 6.08 Å². The number of methoxy groups -OCH3 is 1. The average molecular weight is 314 g/mol. The Kier molecular flexibility index (Phi) is 4.88. The summed E-state index contributed by atoms with van der Waals surface area (Å²) in [5.41, 5.74) is 0. The summed E-state index contributed by atoms with van der Waals surface area (Å²) < 4.78 is 17.7. The molecule has 21 heavy (non-hydrogen) atoms. The van der Waals surface area contributed by atoms with E-state index in [1.165, 1.54) is 0 Å². The second-order valence-electron chi connectivity index (χ2n) is 7.78. The number of hydrogen-bond donors (Lipinski definition) is 1. The molecule has 1 N–H and O–H groups in total. The van der Waals surface area contributed by atoms with Crippen molar-refractivity contribution in [2.24, 2.45) is 11.8 Å². The van der Waals surface area contributed by atoms with E-state index in [-0.39, 0.29) is 41.8 Å². The van der Waals surface area contributed by atoms with Gasteiger partial charge in [0.15, 0.2) is 8.32 Å². The highest BCUT2D eigenvalue weighted by Crippen LogP contribution is 2.48. The fourth-order valence-electron chi connectivity index (χ4n) is 3.15. The molecule has 0 aliphatic carbocycles. The van der Waals surface area contributed by atoms with Gasteiger partial charge in [-0.3, -0.25) is 0 Å². The summed E-state index contributed by atoms with van der Waals surface area (Å²) in [6, 6.07) is 0. The van der Waals surface area contributed by atoms with Crippen LogP contribution in [0.5, 0.6) is 0 Å². The van der Waals surface area contributed by atoms with Crippen LogP contribution in [-0.2, 0) is 13.9 Å². The van der Waals surface area contributed by atoms with Gasteiger partial charge in [0.25, 0.3) is 0 Å². The van der Waals surface area contributed by atoms with Crippen molar-refractivity contribution >= 4 is 8.32 Å². The van der Waals surface area contributed by atoms with E-state index in [0.717, 1.165) is 6.42 Å². The summed E-state index contributed by atoms with van der Waals surface area (Å²) in [4.78, 5) is 0. The van der Waals surface area contributed by atoms with E-state index in [9.17, 15) is 5.11 Å². The topological polar surface area (TPSA) is 47.9 Å². The van der Waals surface area contributed by atoms with Crippen LogP contribution in [0.2, 0.25) is 18.1 Å². The first kappa shape index (κ1) is 17.0. The van der Waals surface area contributed by atoms with E-state index in [0.29, 0.717) is 0 Å². The predicted molar refractivity (Wildman–Crippen MR) is 85.6 cm³/mol. The lowest BCUT2D eigenvalue weighted by Crippen LogP contribution is -2.49. The van der Waals surface area contributed by atoms with Crippen molar-refractivity contribution in [3.63, 3.8) is 0 Å². The first-order chi connectivity index (χ1) is 9.71. The van der Waals surface area contributed by atoms with Crippen LogP contribution in [0.3, 0.4) is 0 Å². The summed E-state index contributed by atoms with van der Waals surface area (Å²) in [6.07, 6.45) is 4.92. The molecule has 0 saturated carbocycles. The molecule has 0 amide bonds. The molecule has 122 valence electrons. The summed E-state index contributed by atoms with van der Waals surface area (Å²) >= 11 is 0. The van der Waals surface area contributed by atoms with Crippen LogP contribution >= 0.6 is 0 Å².